The number of hydrogen-bond acceptors (Lipinski definition) is 8. The average Bonchev–Trinajstić information content (AvgIpc) is 3.22. The number of sulfone groups is 1. The van der Waals surface area contributed by atoms with Crippen LogP contribution < -0.4 is 10.6 Å². The first kappa shape index (κ1) is 23.6. The number of aromatic nitrogens is 4. The minimum Gasteiger partial charge on any atom is -0.394 e. The highest BCUT2D eigenvalue weighted by Crippen LogP contribution is 2.36. The van der Waals surface area contributed by atoms with Gasteiger partial charge in [-0.1, -0.05) is 23.7 Å². The smallest absolute Gasteiger partial charge is 0.207 e. The molecule has 0 unspecified atom stereocenters. The van der Waals surface area contributed by atoms with Crippen LogP contribution >= 0.6 is 11.6 Å². The van der Waals surface area contributed by atoms with Gasteiger partial charge in [0.05, 0.1) is 28.5 Å². The van der Waals surface area contributed by atoms with Crippen molar-refractivity contribution in [3.8, 4) is 11.4 Å². The van der Waals surface area contributed by atoms with Crippen molar-refractivity contribution in [3.63, 3.8) is 0 Å². The molecular formula is C21H24ClFN6O3S. The Morgan fingerprint density at radius 1 is 1.27 bits per heavy atom. The van der Waals surface area contributed by atoms with Gasteiger partial charge < -0.3 is 15.7 Å². The van der Waals surface area contributed by atoms with E-state index in [1.54, 1.807) is 30.9 Å². The number of benzene rings is 2. The van der Waals surface area contributed by atoms with Crippen molar-refractivity contribution in [2.24, 2.45) is 5.73 Å². The van der Waals surface area contributed by atoms with Crippen LogP contribution in [0.5, 0.6) is 0 Å². The lowest BCUT2D eigenvalue weighted by molar-refractivity contribution is 0.136. The van der Waals surface area contributed by atoms with E-state index in [4.69, 9.17) is 17.3 Å². The Bertz CT molecular complexity index is 1280. The van der Waals surface area contributed by atoms with Gasteiger partial charge in [0.15, 0.2) is 9.84 Å². The van der Waals surface area contributed by atoms with Crippen molar-refractivity contribution in [2.75, 3.05) is 23.8 Å². The molecular weight excluding hydrogens is 471 g/mol. The van der Waals surface area contributed by atoms with Crippen LogP contribution in [-0.4, -0.2) is 58.7 Å². The van der Waals surface area contributed by atoms with Crippen molar-refractivity contribution >= 4 is 27.1 Å². The number of nitrogens with zero attached hydrogens (tertiary/aromatic N) is 5. The van der Waals surface area contributed by atoms with Gasteiger partial charge in [-0.25, -0.2) is 12.8 Å². The number of halogens is 2. The lowest BCUT2D eigenvalue weighted by atomic mass is 10.1. The van der Waals surface area contributed by atoms with Gasteiger partial charge in [0.1, 0.15) is 11.4 Å². The van der Waals surface area contributed by atoms with Crippen molar-refractivity contribution in [3.05, 3.63) is 52.8 Å². The highest BCUT2D eigenvalue weighted by Gasteiger charge is 2.33. The predicted octanol–water partition coefficient (Wildman–Crippen LogP) is 1.98. The molecule has 9 nitrogen and oxygen atoms in total. The molecule has 1 aliphatic rings. The topological polar surface area (TPSA) is 127 Å². The van der Waals surface area contributed by atoms with Crippen molar-refractivity contribution in [2.45, 2.75) is 36.9 Å². The van der Waals surface area contributed by atoms with Crippen LogP contribution in [0.1, 0.15) is 19.4 Å². The second-order valence-electron chi connectivity index (χ2n) is 8.72. The number of tetrazole rings is 1. The van der Waals surface area contributed by atoms with Crippen LogP contribution in [-0.2, 0) is 21.9 Å². The van der Waals surface area contributed by atoms with Crippen LogP contribution in [0.25, 0.3) is 11.4 Å². The molecule has 176 valence electrons. The molecule has 2 aromatic carbocycles. The maximum atomic E-state index is 15.1. The maximum Gasteiger partial charge on any atom is 0.207 e. The Balaban J connectivity index is 1.83. The van der Waals surface area contributed by atoms with E-state index >= 15 is 4.39 Å². The molecule has 0 bridgehead atoms. The molecule has 3 N–H and O–H groups in total. The SMILES string of the molecule is CC(C)(CO)n1nnc(-c2cc3c(cc2F)S(=O)(=O)C[C@H](N)CN3Cc2ccc(Cl)cc2)n1. The van der Waals surface area contributed by atoms with Gasteiger partial charge >= 0.3 is 0 Å². The van der Waals surface area contributed by atoms with E-state index in [1.165, 1.54) is 10.9 Å². The van der Waals surface area contributed by atoms with Crippen LogP contribution in [0, 0.1) is 5.82 Å². The Hall–Kier alpha value is -2.60. The second kappa shape index (κ2) is 8.64. The Morgan fingerprint density at radius 3 is 2.64 bits per heavy atom. The number of aliphatic hydroxyl groups is 1. The zero-order valence-electron chi connectivity index (χ0n) is 18.1. The first-order chi connectivity index (χ1) is 15.5. The lowest BCUT2D eigenvalue weighted by Gasteiger charge is -2.26. The fraction of sp³-hybridized carbons (Fsp3) is 0.381. The first-order valence-corrected chi connectivity index (χ1v) is 12.3. The predicted molar refractivity (Wildman–Crippen MR) is 122 cm³/mol. The van der Waals surface area contributed by atoms with Crippen LogP contribution in [0.4, 0.5) is 10.1 Å². The van der Waals surface area contributed by atoms with E-state index in [0.717, 1.165) is 11.6 Å². The van der Waals surface area contributed by atoms with Crippen molar-refractivity contribution in [1.29, 1.82) is 0 Å². The zero-order valence-corrected chi connectivity index (χ0v) is 19.7. The molecule has 1 aromatic heterocycles. The van der Waals surface area contributed by atoms with E-state index in [9.17, 15) is 13.5 Å². The first-order valence-electron chi connectivity index (χ1n) is 10.2. The number of anilines is 1. The highest BCUT2D eigenvalue weighted by atomic mass is 35.5. The standard InChI is InChI=1S/C21H24ClFN6O3S/c1-21(2,12-30)29-26-20(25-27-29)16-7-18-19(8-17(16)23)33(31,32)11-15(24)10-28(18)9-13-3-5-14(22)6-4-13/h3-8,15,30H,9-12,24H2,1-2H3/t15-/m1/s1. The summed E-state index contributed by atoms with van der Waals surface area (Å²) in [6, 6.07) is 8.91. The molecule has 4 rings (SSSR count). The molecule has 3 aromatic rings. The van der Waals surface area contributed by atoms with Crippen LogP contribution in [0.15, 0.2) is 41.3 Å². The molecule has 0 saturated carbocycles. The fourth-order valence-electron chi connectivity index (χ4n) is 3.62. The summed E-state index contributed by atoms with van der Waals surface area (Å²) in [5.41, 5.74) is 6.47. The van der Waals surface area contributed by atoms with E-state index in [1.807, 2.05) is 12.1 Å². The van der Waals surface area contributed by atoms with Gasteiger partial charge in [0.25, 0.3) is 0 Å². The number of aliphatic hydroxyl groups excluding tert-OH is 1. The summed E-state index contributed by atoms with van der Waals surface area (Å²) < 4.78 is 41.0. The molecule has 0 saturated heterocycles. The summed E-state index contributed by atoms with van der Waals surface area (Å²) in [7, 11) is -3.83. The van der Waals surface area contributed by atoms with Gasteiger partial charge in [-0.2, -0.15) is 4.80 Å². The molecule has 0 spiro atoms. The quantitative estimate of drug-likeness (QED) is 0.551. The summed E-state index contributed by atoms with van der Waals surface area (Å²) in [6.07, 6.45) is 0. The van der Waals surface area contributed by atoms with Crippen LogP contribution in [0.3, 0.4) is 0 Å². The minimum atomic E-state index is -3.83. The summed E-state index contributed by atoms with van der Waals surface area (Å²) >= 11 is 5.98. The average molecular weight is 495 g/mol. The van der Waals surface area contributed by atoms with Crippen molar-refractivity contribution < 1.29 is 17.9 Å². The molecule has 1 atom stereocenters. The normalized spacial score (nSPS) is 18.1. The molecule has 1 aliphatic heterocycles. The van der Waals surface area contributed by atoms with Gasteiger partial charge in [0.2, 0.25) is 5.82 Å². The van der Waals surface area contributed by atoms with Crippen LogP contribution in [0.2, 0.25) is 5.02 Å². The molecule has 2 heterocycles. The third-order valence-electron chi connectivity index (χ3n) is 5.48. The fourth-order valence-corrected chi connectivity index (χ4v) is 5.38. The Labute approximate surface area is 195 Å². The van der Waals surface area contributed by atoms with Gasteiger partial charge in [-0.15, -0.1) is 10.2 Å². The number of rotatable bonds is 5. The van der Waals surface area contributed by atoms with Gasteiger partial charge in [-0.05, 0) is 48.9 Å². The van der Waals surface area contributed by atoms with E-state index < -0.39 is 27.2 Å². The molecule has 0 fully saturated rings. The minimum absolute atomic E-state index is 0.000479. The highest BCUT2D eigenvalue weighted by molar-refractivity contribution is 7.91. The molecule has 33 heavy (non-hydrogen) atoms. The maximum absolute atomic E-state index is 15.1. The second-order valence-corrected chi connectivity index (χ2v) is 11.2. The number of nitrogens with two attached hydrogens (primary N) is 1. The molecule has 0 aliphatic carbocycles. The van der Waals surface area contributed by atoms with Crippen molar-refractivity contribution in [1.82, 2.24) is 20.2 Å². The number of fused-ring (bicyclic) bond motifs is 1. The molecule has 0 amide bonds. The summed E-state index contributed by atoms with van der Waals surface area (Å²) in [5, 5.41) is 22.2. The molecule has 12 heteroatoms. The van der Waals surface area contributed by atoms with E-state index in [-0.39, 0.29) is 35.2 Å². The molecule has 0 radical (unpaired) electrons. The third kappa shape index (κ3) is 4.72. The van der Waals surface area contributed by atoms with Gasteiger partial charge in [-0.3, -0.25) is 0 Å². The van der Waals surface area contributed by atoms with E-state index in [2.05, 4.69) is 15.4 Å². The number of hydrogen-bond donors (Lipinski definition) is 2. The van der Waals surface area contributed by atoms with E-state index in [0.29, 0.717) is 17.3 Å². The van der Waals surface area contributed by atoms with Gasteiger partial charge in [0, 0.05) is 24.2 Å². The Morgan fingerprint density at radius 2 is 1.97 bits per heavy atom. The largest absolute Gasteiger partial charge is 0.394 e. The summed E-state index contributed by atoms with van der Waals surface area (Å²) in [6.45, 7) is 3.75. The monoisotopic (exact) mass is 494 g/mol. The Kier molecular flexibility index (Phi) is 6.16. The summed E-state index contributed by atoms with van der Waals surface area (Å²) in [5.74, 6) is -1.11. The summed E-state index contributed by atoms with van der Waals surface area (Å²) in [4.78, 5) is 2.87. The lowest BCUT2D eigenvalue weighted by Crippen LogP contribution is -2.39. The zero-order chi connectivity index (χ0) is 24.0. The third-order valence-corrected chi connectivity index (χ3v) is 7.60.